The number of β-amino-alcohol motifs (C(OH)–C–C–N with tert-alkyl or cyclic N) is 1. The molecular formula is C14H26N2O2. The van der Waals surface area contributed by atoms with Gasteiger partial charge in [-0.3, -0.25) is 9.80 Å². The Morgan fingerprint density at radius 3 is 2.89 bits per heavy atom. The zero-order valence-corrected chi connectivity index (χ0v) is 11.4. The molecular weight excluding hydrogens is 228 g/mol. The first-order valence-electron chi connectivity index (χ1n) is 7.11. The minimum atomic E-state index is -0.261. The van der Waals surface area contributed by atoms with Crippen LogP contribution in [0.1, 0.15) is 19.3 Å². The van der Waals surface area contributed by atoms with E-state index in [1.165, 1.54) is 19.3 Å². The van der Waals surface area contributed by atoms with Crippen LogP contribution in [-0.4, -0.2) is 73.5 Å². The van der Waals surface area contributed by atoms with Crippen LogP contribution in [0.25, 0.3) is 0 Å². The predicted molar refractivity (Wildman–Crippen MR) is 72.7 cm³/mol. The highest BCUT2D eigenvalue weighted by Gasteiger charge is 2.19. The van der Waals surface area contributed by atoms with Crippen LogP contribution in [0.5, 0.6) is 0 Å². The predicted octanol–water partition coefficient (Wildman–Crippen LogP) is 0.720. The summed E-state index contributed by atoms with van der Waals surface area (Å²) >= 11 is 0. The molecule has 1 heterocycles. The van der Waals surface area contributed by atoms with E-state index in [-0.39, 0.29) is 6.10 Å². The van der Waals surface area contributed by atoms with E-state index in [1.807, 2.05) is 0 Å². The summed E-state index contributed by atoms with van der Waals surface area (Å²) < 4.78 is 5.31. The molecule has 4 nitrogen and oxygen atoms in total. The minimum absolute atomic E-state index is 0.261. The molecule has 1 fully saturated rings. The second-order valence-electron chi connectivity index (χ2n) is 5.43. The highest BCUT2D eigenvalue weighted by Crippen LogP contribution is 2.15. The van der Waals surface area contributed by atoms with Gasteiger partial charge in [-0.1, -0.05) is 12.2 Å². The van der Waals surface area contributed by atoms with Crippen molar-refractivity contribution in [3.05, 3.63) is 12.2 Å². The van der Waals surface area contributed by atoms with Crippen molar-refractivity contribution in [1.82, 2.24) is 9.80 Å². The first-order valence-corrected chi connectivity index (χ1v) is 7.11. The van der Waals surface area contributed by atoms with Crippen LogP contribution in [0.15, 0.2) is 12.2 Å². The largest absolute Gasteiger partial charge is 0.390 e. The van der Waals surface area contributed by atoms with Crippen molar-refractivity contribution in [2.24, 2.45) is 0 Å². The number of likely N-dealkylation sites (N-methyl/N-ethyl adjacent to an activating group) is 1. The number of ether oxygens (including phenoxy) is 1. The molecule has 18 heavy (non-hydrogen) atoms. The van der Waals surface area contributed by atoms with Crippen LogP contribution in [0.2, 0.25) is 0 Å². The molecule has 0 spiro atoms. The van der Waals surface area contributed by atoms with Crippen molar-refractivity contribution in [2.45, 2.75) is 31.4 Å². The van der Waals surface area contributed by atoms with E-state index < -0.39 is 0 Å². The van der Waals surface area contributed by atoms with Crippen molar-refractivity contribution >= 4 is 0 Å². The first kappa shape index (κ1) is 14.0. The Balaban J connectivity index is 1.70. The third-order valence-corrected chi connectivity index (χ3v) is 3.87. The fraction of sp³-hybridized carbons (Fsp3) is 0.857. The van der Waals surface area contributed by atoms with E-state index >= 15 is 0 Å². The second kappa shape index (κ2) is 7.24. The van der Waals surface area contributed by atoms with Gasteiger partial charge in [-0.05, 0) is 26.3 Å². The Bertz CT molecular complexity index is 265. The quantitative estimate of drug-likeness (QED) is 0.733. The van der Waals surface area contributed by atoms with Crippen LogP contribution in [0, 0.1) is 0 Å². The molecule has 1 aliphatic heterocycles. The maximum Gasteiger partial charge on any atom is 0.0793 e. The number of rotatable bonds is 5. The van der Waals surface area contributed by atoms with E-state index in [2.05, 4.69) is 29.0 Å². The van der Waals surface area contributed by atoms with Gasteiger partial charge in [0, 0.05) is 32.2 Å². The van der Waals surface area contributed by atoms with Gasteiger partial charge in [-0.2, -0.15) is 0 Å². The van der Waals surface area contributed by atoms with Gasteiger partial charge < -0.3 is 9.84 Å². The summed E-state index contributed by atoms with van der Waals surface area (Å²) in [5, 5.41) is 10.2. The smallest absolute Gasteiger partial charge is 0.0793 e. The lowest BCUT2D eigenvalue weighted by molar-refractivity contribution is 0.00678. The van der Waals surface area contributed by atoms with Gasteiger partial charge in [0.15, 0.2) is 0 Å². The van der Waals surface area contributed by atoms with Gasteiger partial charge in [0.05, 0.1) is 19.3 Å². The number of hydrogen-bond acceptors (Lipinski definition) is 4. The van der Waals surface area contributed by atoms with Crippen molar-refractivity contribution < 1.29 is 9.84 Å². The summed E-state index contributed by atoms with van der Waals surface area (Å²) in [4.78, 5) is 4.57. The third-order valence-electron chi connectivity index (χ3n) is 3.87. The Morgan fingerprint density at radius 2 is 2.22 bits per heavy atom. The lowest BCUT2D eigenvalue weighted by Crippen LogP contribution is -2.45. The molecule has 1 saturated heterocycles. The average molecular weight is 254 g/mol. The molecule has 0 aromatic rings. The molecule has 2 rings (SSSR count). The summed E-state index contributed by atoms with van der Waals surface area (Å²) in [6, 6.07) is 0.512. The molecule has 2 atom stereocenters. The van der Waals surface area contributed by atoms with Gasteiger partial charge in [0.2, 0.25) is 0 Å². The van der Waals surface area contributed by atoms with Crippen molar-refractivity contribution in [2.75, 3.05) is 46.4 Å². The molecule has 0 saturated carbocycles. The molecule has 104 valence electrons. The van der Waals surface area contributed by atoms with Crippen molar-refractivity contribution in [3.8, 4) is 0 Å². The van der Waals surface area contributed by atoms with Gasteiger partial charge >= 0.3 is 0 Å². The average Bonchev–Trinajstić information content (AvgIpc) is 2.40. The third kappa shape index (κ3) is 4.35. The van der Waals surface area contributed by atoms with Crippen LogP contribution < -0.4 is 0 Å². The summed E-state index contributed by atoms with van der Waals surface area (Å²) in [6.07, 6.45) is 7.98. The van der Waals surface area contributed by atoms with E-state index in [0.29, 0.717) is 6.04 Å². The lowest BCUT2D eigenvalue weighted by atomic mass is 10.0. The Hall–Kier alpha value is -0.420. The Morgan fingerprint density at radius 1 is 1.44 bits per heavy atom. The SMILES string of the molecule is CN(C[C@H](O)CN1CCOCC1)[C@@H]1C=CCCC1. The molecule has 0 aromatic heterocycles. The van der Waals surface area contributed by atoms with E-state index in [4.69, 9.17) is 4.74 Å². The van der Waals surface area contributed by atoms with Crippen LogP contribution in [-0.2, 0) is 4.74 Å². The molecule has 2 aliphatic rings. The first-order chi connectivity index (χ1) is 8.75. The number of aliphatic hydroxyl groups excluding tert-OH is 1. The van der Waals surface area contributed by atoms with Crippen LogP contribution in [0.4, 0.5) is 0 Å². The van der Waals surface area contributed by atoms with Crippen molar-refractivity contribution in [3.63, 3.8) is 0 Å². The monoisotopic (exact) mass is 254 g/mol. The maximum atomic E-state index is 10.2. The molecule has 1 aliphatic carbocycles. The van der Waals surface area contributed by atoms with Gasteiger partial charge in [0.25, 0.3) is 0 Å². The number of hydrogen-bond donors (Lipinski definition) is 1. The topological polar surface area (TPSA) is 35.9 Å². The van der Waals surface area contributed by atoms with Crippen molar-refractivity contribution in [1.29, 1.82) is 0 Å². The molecule has 0 amide bonds. The molecule has 0 radical (unpaired) electrons. The number of aliphatic hydroxyl groups is 1. The number of morpholine rings is 1. The van der Waals surface area contributed by atoms with Gasteiger partial charge in [0.1, 0.15) is 0 Å². The molecule has 4 heteroatoms. The Kier molecular flexibility index (Phi) is 5.63. The fourth-order valence-electron chi connectivity index (χ4n) is 2.77. The van der Waals surface area contributed by atoms with E-state index in [1.54, 1.807) is 0 Å². The van der Waals surface area contributed by atoms with Crippen LogP contribution >= 0.6 is 0 Å². The van der Waals surface area contributed by atoms with Gasteiger partial charge in [-0.15, -0.1) is 0 Å². The normalized spacial score (nSPS) is 27.6. The summed E-state index contributed by atoms with van der Waals surface area (Å²) in [6.45, 7) is 5.02. The Labute approximate surface area is 110 Å². The lowest BCUT2D eigenvalue weighted by Gasteiger charge is -2.32. The second-order valence-corrected chi connectivity index (χ2v) is 5.43. The zero-order valence-electron chi connectivity index (χ0n) is 11.4. The highest BCUT2D eigenvalue weighted by atomic mass is 16.5. The molecule has 0 unspecified atom stereocenters. The molecule has 1 N–H and O–H groups in total. The van der Waals surface area contributed by atoms with E-state index in [0.717, 1.165) is 39.4 Å². The summed E-state index contributed by atoms with van der Waals surface area (Å²) in [5.74, 6) is 0. The number of allylic oxidation sites excluding steroid dienone is 1. The molecule has 0 bridgehead atoms. The fourth-order valence-corrected chi connectivity index (χ4v) is 2.77. The summed E-state index contributed by atoms with van der Waals surface area (Å²) in [5.41, 5.74) is 0. The standard InChI is InChI=1S/C14H26N2O2/c1-15(13-5-3-2-4-6-13)11-14(17)12-16-7-9-18-10-8-16/h3,5,13-14,17H,2,4,6-12H2,1H3/t13-,14+/m1/s1. The number of nitrogens with zero attached hydrogens (tertiary/aromatic N) is 2. The zero-order chi connectivity index (χ0) is 12.8. The van der Waals surface area contributed by atoms with Gasteiger partial charge in [-0.25, -0.2) is 0 Å². The summed E-state index contributed by atoms with van der Waals surface area (Å²) in [7, 11) is 2.11. The molecule has 0 aromatic carbocycles. The van der Waals surface area contributed by atoms with E-state index in [9.17, 15) is 5.11 Å². The highest BCUT2D eigenvalue weighted by molar-refractivity contribution is 4.98. The van der Waals surface area contributed by atoms with Crippen LogP contribution in [0.3, 0.4) is 0 Å². The minimum Gasteiger partial charge on any atom is -0.390 e. The maximum absolute atomic E-state index is 10.2.